The predicted molar refractivity (Wildman–Crippen MR) is 79.5 cm³/mol. The van der Waals surface area contributed by atoms with Gasteiger partial charge in [0.2, 0.25) is 0 Å². The number of aromatic nitrogens is 4. The van der Waals surface area contributed by atoms with Crippen LogP contribution >= 0.6 is 11.8 Å². The van der Waals surface area contributed by atoms with Gasteiger partial charge in [-0.25, -0.2) is 9.78 Å². The molecule has 2 aromatic rings. The van der Waals surface area contributed by atoms with Crippen LogP contribution in [0.5, 0.6) is 0 Å². The van der Waals surface area contributed by atoms with Gasteiger partial charge in [0.25, 0.3) is 5.56 Å². The summed E-state index contributed by atoms with van der Waals surface area (Å²) in [5.74, 6) is 1.57. The van der Waals surface area contributed by atoms with Crippen molar-refractivity contribution in [2.45, 2.75) is 11.1 Å². The summed E-state index contributed by atoms with van der Waals surface area (Å²) in [5, 5.41) is 0. The summed E-state index contributed by atoms with van der Waals surface area (Å²) < 4.78 is 15.9. The number of nitrogens with zero attached hydrogens (tertiary/aromatic N) is 4. The summed E-state index contributed by atoms with van der Waals surface area (Å²) in [5.41, 5.74) is -0.00748. The second-order valence-electron chi connectivity index (χ2n) is 4.66. The molecule has 0 radical (unpaired) electrons. The molecule has 0 unspecified atom stereocenters. The highest BCUT2D eigenvalue weighted by molar-refractivity contribution is 8.14. The summed E-state index contributed by atoms with van der Waals surface area (Å²) in [4.78, 5) is 28.2. The van der Waals surface area contributed by atoms with Gasteiger partial charge >= 0.3 is 5.69 Å². The maximum Gasteiger partial charge on any atom is 0.332 e. The Hall–Kier alpha value is -1.35. The van der Waals surface area contributed by atoms with Gasteiger partial charge in [0, 0.05) is 42.9 Å². The summed E-state index contributed by atoms with van der Waals surface area (Å²) >= 11 is 1.65. The van der Waals surface area contributed by atoms with E-state index in [1.807, 2.05) is 0 Å². The van der Waals surface area contributed by atoms with Crippen molar-refractivity contribution < 1.29 is 4.21 Å². The van der Waals surface area contributed by atoms with Gasteiger partial charge in [0.1, 0.15) is 0 Å². The van der Waals surface area contributed by atoms with E-state index in [1.54, 1.807) is 29.7 Å². The molecule has 0 aromatic carbocycles. The maximum atomic E-state index is 12.2. The minimum atomic E-state index is -0.873. The predicted octanol–water partition coefficient (Wildman–Crippen LogP) is -0.745. The Balaban J connectivity index is 2.16. The molecule has 0 aliphatic carbocycles. The molecule has 1 aliphatic heterocycles. The molecule has 1 fully saturated rings. The van der Waals surface area contributed by atoms with Crippen LogP contribution < -0.4 is 11.2 Å². The SMILES string of the molecule is Cn1c(=O)c2c(ncn2C[C@@H]2SCC[S@@]2=O)n(C)c1=O. The van der Waals surface area contributed by atoms with E-state index < -0.39 is 16.5 Å². The number of fused-ring (bicyclic) bond motifs is 1. The number of hydrogen-bond acceptors (Lipinski definition) is 5. The first-order chi connectivity index (χ1) is 9.50. The van der Waals surface area contributed by atoms with Crippen molar-refractivity contribution in [2.24, 2.45) is 14.1 Å². The molecule has 108 valence electrons. The van der Waals surface area contributed by atoms with E-state index in [9.17, 15) is 13.8 Å². The van der Waals surface area contributed by atoms with Crippen molar-refractivity contribution in [1.29, 1.82) is 0 Å². The molecule has 0 N–H and O–H groups in total. The third-order valence-electron chi connectivity index (χ3n) is 3.44. The van der Waals surface area contributed by atoms with Crippen molar-refractivity contribution in [3.05, 3.63) is 27.2 Å². The second-order valence-corrected chi connectivity index (χ2v) is 8.01. The van der Waals surface area contributed by atoms with Crippen LogP contribution in [0.25, 0.3) is 11.2 Å². The van der Waals surface area contributed by atoms with Crippen LogP contribution in [-0.4, -0.2) is 39.0 Å². The summed E-state index contributed by atoms with van der Waals surface area (Å²) in [6.07, 6.45) is 1.54. The lowest BCUT2D eigenvalue weighted by Gasteiger charge is -2.10. The fraction of sp³-hybridized carbons (Fsp3) is 0.545. The van der Waals surface area contributed by atoms with Gasteiger partial charge in [0.05, 0.1) is 10.9 Å². The zero-order chi connectivity index (χ0) is 14.4. The highest BCUT2D eigenvalue weighted by Crippen LogP contribution is 2.25. The molecule has 1 aliphatic rings. The Bertz CT molecular complexity index is 819. The largest absolute Gasteiger partial charge is 0.332 e. The number of aryl methyl sites for hydroxylation is 1. The highest BCUT2D eigenvalue weighted by atomic mass is 32.2. The van der Waals surface area contributed by atoms with Crippen molar-refractivity contribution in [3.63, 3.8) is 0 Å². The minimum Gasteiger partial charge on any atom is -0.323 e. The molecular formula is C11H14N4O3S2. The quantitative estimate of drug-likeness (QED) is 0.729. The number of thioether (sulfide) groups is 1. The van der Waals surface area contributed by atoms with E-state index >= 15 is 0 Å². The smallest absolute Gasteiger partial charge is 0.323 e. The molecule has 3 rings (SSSR count). The number of hydrogen-bond donors (Lipinski definition) is 0. The Morgan fingerprint density at radius 3 is 2.80 bits per heavy atom. The van der Waals surface area contributed by atoms with Crippen molar-refractivity contribution in [1.82, 2.24) is 18.7 Å². The molecular weight excluding hydrogens is 300 g/mol. The molecule has 0 saturated carbocycles. The third kappa shape index (κ3) is 1.96. The maximum absolute atomic E-state index is 12.2. The van der Waals surface area contributed by atoms with Crippen LogP contribution in [0.2, 0.25) is 0 Å². The van der Waals surface area contributed by atoms with Gasteiger partial charge in [-0.15, -0.1) is 11.8 Å². The molecule has 0 spiro atoms. The van der Waals surface area contributed by atoms with Gasteiger partial charge in [0.15, 0.2) is 11.2 Å². The monoisotopic (exact) mass is 314 g/mol. The van der Waals surface area contributed by atoms with Gasteiger partial charge in [-0.05, 0) is 0 Å². The van der Waals surface area contributed by atoms with Gasteiger partial charge in [-0.2, -0.15) is 0 Å². The Labute approximate surface area is 121 Å². The van der Waals surface area contributed by atoms with Crippen LogP contribution in [0.1, 0.15) is 0 Å². The molecule has 1 saturated heterocycles. The van der Waals surface area contributed by atoms with E-state index in [4.69, 9.17) is 0 Å². The highest BCUT2D eigenvalue weighted by Gasteiger charge is 2.25. The van der Waals surface area contributed by atoms with Crippen molar-refractivity contribution in [3.8, 4) is 0 Å². The first kappa shape index (κ1) is 13.6. The molecule has 7 nitrogen and oxygen atoms in total. The standard InChI is InChI=1S/C11H14N4O3S2/c1-13-9-8(10(16)14(2)11(13)17)15(6-12-9)5-7-19-3-4-20(7)18/h6-7H,3-5H2,1-2H3/t7-,20+/m1/s1. The molecule has 20 heavy (non-hydrogen) atoms. The minimum absolute atomic E-state index is 0.0191. The molecule has 3 heterocycles. The van der Waals surface area contributed by atoms with Crippen LogP contribution in [0.15, 0.2) is 15.9 Å². The van der Waals surface area contributed by atoms with Crippen LogP contribution in [-0.2, 0) is 31.4 Å². The van der Waals surface area contributed by atoms with Crippen molar-refractivity contribution in [2.75, 3.05) is 11.5 Å². The van der Waals surface area contributed by atoms with Gasteiger partial charge in [-0.1, -0.05) is 0 Å². The van der Waals surface area contributed by atoms with E-state index in [0.717, 1.165) is 10.3 Å². The summed E-state index contributed by atoms with van der Waals surface area (Å²) in [6.45, 7) is 0.473. The van der Waals surface area contributed by atoms with E-state index in [2.05, 4.69) is 4.98 Å². The summed E-state index contributed by atoms with van der Waals surface area (Å²) in [7, 11) is 2.16. The van der Waals surface area contributed by atoms with Crippen LogP contribution in [0, 0.1) is 0 Å². The zero-order valence-electron chi connectivity index (χ0n) is 11.1. The van der Waals surface area contributed by atoms with E-state index in [-0.39, 0.29) is 10.1 Å². The lowest BCUT2D eigenvalue weighted by molar-refractivity contribution is 0.671. The van der Waals surface area contributed by atoms with Gasteiger partial charge in [-0.3, -0.25) is 18.1 Å². The topological polar surface area (TPSA) is 78.9 Å². The molecule has 2 aromatic heterocycles. The first-order valence-corrected chi connectivity index (χ1v) is 8.53. The molecule has 2 atom stereocenters. The zero-order valence-corrected chi connectivity index (χ0v) is 12.7. The van der Waals surface area contributed by atoms with Crippen LogP contribution in [0.3, 0.4) is 0 Å². The molecule has 9 heteroatoms. The molecule has 0 amide bonds. The lowest BCUT2D eigenvalue weighted by atomic mass is 10.5. The lowest BCUT2D eigenvalue weighted by Crippen LogP contribution is -2.37. The number of rotatable bonds is 2. The fourth-order valence-corrected chi connectivity index (χ4v) is 5.65. The van der Waals surface area contributed by atoms with Crippen molar-refractivity contribution >= 4 is 33.7 Å². The number of imidazole rings is 1. The summed E-state index contributed by atoms with van der Waals surface area (Å²) in [6, 6.07) is 0. The van der Waals surface area contributed by atoms with E-state index in [0.29, 0.717) is 23.5 Å². The first-order valence-electron chi connectivity index (χ1n) is 6.10. The Morgan fingerprint density at radius 2 is 2.15 bits per heavy atom. The Morgan fingerprint density at radius 1 is 1.40 bits per heavy atom. The molecule has 0 bridgehead atoms. The Kier molecular flexibility index (Phi) is 3.33. The van der Waals surface area contributed by atoms with Crippen LogP contribution in [0.4, 0.5) is 0 Å². The third-order valence-corrected chi connectivity index (χ3v) is 7.06. The fourth-order valence-electron chi connectivity index (χ4n) is 2.30. The average molecular weight is 314 g/mol. The van der Waals surface area contributed by atoms with E-state index in [1.165, 1.54) is 11.6 Å². The average Bonchev–Trinajstić information content (AvgIpc) is 3.02. The normalized spacial score (nSPS) is 22.7. The van der Waals surface area contributed by atoms with Gasteiger partial charge < -0.3 is 4.57 Å². The second kappa shape index (κ2) is 4.88.